The standard InChI is InChI=1S/C36H40N2.C31H30F4N5.C27H20F4N3.C24H16N2.4Pt/c1-33(2,3)25-17-23-19-27(21-25)35(7,8)31-15-12-14-30(38-31)24-18-26(34(4,5)6)22-28(20-24)36(9,10)32-16-11-13-29(23)37-32;1-30(2)19-13-18(20(32)14-21(19)33)24-9-16(39(5)6)11-26(36-24)31(3,4)27-12-17(40(7)8)10-25(37-27)28-22(34)15-23(35)29(30)38-28;1-26(2)15-11-14(16(28)12-17(15)29)20-7-5-9-22(32-20)27(3,4)23-10-6-8-21(33-23)24-18(30)13-19(31)25(26)34-24;1-5-17-13-19(7-1)23-11-3-10-22(25-23)16-18-6-2-8-20(14-18)24-12-4-9-21(15-17)26-24;;;;/h11-18,21-22H,1-10H3;9-12,14-15H,1-8H3;5-10,12-13H,1-4H3;1-12H,15-16H2;;;;/q-2;2*-1;-2;;;2*+2. The van der Waals surface area contributed by atoms with Gasteiger partial charge in [0.25, 0.3) is 0 Å². The zero-order valence-electron chi connectivity index (χ0n) is 82.9. The number of fused-ring (bicyclic) bond motifs is 40. The number of aromatic nitrogens is 10. The number of pyridine rings is 10. The van der Waals surface area contributed by atoms with Gasteiger partial charge in [-0.1, -0.05) is 204 Å². The van der Waals surface area contributed by atoms with E-state index < -0.39 is 68.2 Å². The van der Waals surface area contributed by atoms with E-state index in [4.69, 9.17) is 29.9 Å². The molecule has 10 aromatic heterocycles. The molecule has 0 aliphatic carbocycles. The summed E-state index contributed by atoms with van der Waals surface area (Å²) < 4.78 is 121. The van der Waals surface area contributed by atoms with Gasteiger partial charge in [0.05, 0.1) is 34.2 Å². The van der Waals surface area contributed by atoms with Gasteiger partial charge in [-0.15, -0.1) is 153 Å². The summed E-state index contributed by atoms with van der Waals surface area (Å²) in [6, 6.07) is 87.2. The molecule has 32 bridgehead atoms. The van der Waals surface area contributed by atoms with E-state index in [-0.39, 0.29) is 174 Å². The van der Waals surface area contributed by atoms with Gasteiger partial charge in [0.2, 0.25) is 0 Å². The molecule has 4 aliphatic heterocycles. The van der Waals surface area contributed by atoms with E-state index in [2.05, 4.69) is 247 Å². The van der Waals surface area contributed by atoms with Crippen LogP contribution in [0, 0.1) is 82.9 Å². The minimum atomic E-state index is -1.47. The number of hydrogen-bond donors (Lipinski definition) is 0. The molecule has 0 saturated carbocycles. The van der Waals surface area contributed by atoms with Crippen LogP contribution in [0.25, 0.3) is 90.3 Å². The van der Waals surface area contributed by atoms with Crippen molar-refractivity contribution >= 4 is 11.4 Å². The fourth-order valence-corrected chi connectivity index (χ4v) is 17.7. The van der Waals surface area contributed by atoms with Crippen molar-refractivity contribution < 1.29 is 119 Å². The summed E-state index contributed by atoms with van der Waals surface area (Å²) in [6.45, 7) is 36.3. The molecule has 0 atom stereocenters. The van der Waals surface area contributed by atoms with E-state index in [1.54, 1.807) is 48.5 Å². The molecule has 14 heterocycles. The summed E-state index contributed by atoms with van der Waals surface area (Å²) in [4.78, 5) is 51.5. The summed E-state index contributed by atoms with van der Waals surface area (Å²) in [5, 5.41) is 0. The van der Waals surface area contributed by atoms with Crippen LogP contribution < -0.4 is 9.80 Å². The Bertz CT molecular complexity index is 7010. The van der Waals surface area contributed by atoms with E-state index in [1.807, 2.05) is 90.0 Å². The van der Waals surface area contributed by atoms with Gasteiger partial charge < -0.3 is 39.7 Å². The van der Waals surface area contributed by atoms with Crippen molar-refractivity contribution in [1.29, 1.82) is 0 Å². The predicted octanol–water partition coefficient (Wildman–Crippen LogP) is 27.1. The molecule has 0 N–H and O–H groups in total. The van der Waals surface area contributed by atoms with Crippen LogP contribution >= 0.6 is 0 Å². The van der Waals surface area contributed by atoms with E-state index >= 15 is 26.3 Å². The molecule has 736 valence electrons. The molecule has 12 nitrogen and oxygen atoms in total. The molecule has 0 unspecified atom stereocenters. The molecule has 0 spiro atoms. The van der Waals surface area contributed by atoms with Gasteiger partial charge in [0.1, 0.15) is 23.0 Å². The Kier molecular flexibility index (Phi) is 31.2. The monoisotopic (exact) mass is 2620 g/mol. The van der Waals surface area contributed by atoms with Crippen LogP contribution in [-0.2, 0) is 140 Å². The van der Waals surface area contributed by atoms with Crippen molar-refractivity contribution in [2.45, 2.75) is 181 Å². The van der Waals surface area contributed by atoms with E-state index in [0.717, 1.165) is 133 Å². The van der Waals surface area contributed by atoms with E-state index in [0.29, 0.717) is 28.5 Å². The van der Waals surface area contributed by atoms with Gasteiger partial charge in [-0.2, -0.15) is 0 Å². The van der Waals surface area contributed by atoms with Gasteiger partial charge in [-0.05, 0) is 146 Å². The van der Waals surface area contributed by atoms with Crippen molar-refractivity contribution in [3.63, 3.8) is 0 Å². The fraction of sp³-hybridized carbons (Fsp3) is 0.271. The van der Waals surface area contributed by atoms with E-state index in [9.17, 15) is 8.78 Å². The van der Waals surface area contributed by atoms with Gasteiger partial charge >= 0.3 is 42.1 Å². The predicted molar refractivity (Wildman–Crippen MR) is 530 cm³/mol. The number of halogens is 8. The number of hydrogen-bond acceptors (Lipinski definition) is 12. The Labute approximate surface area is 885 Å². The van der Waals surface area contributed by atoms with Crippen LogP contribution in [0.5, 0.6) is 0 Å². The molecule has 16 aromatic rings. The first-order chi connectivity index (χ1) is 65.0. The molecule has 142 heavy (non-hydrogen) atoms. The van der Waals surface area contributed by atoms with Crippen molar-refractivity contribution in [2.75, 3.05) is 38.0 Å². The first-order valence-electron chi connectivity index (χ1n) is 46.0. The number of benzene rings is 6. The summed E-state index contributed by atoms with van der Waals surface area (Å²) >= 11 is 0. The largest absolute Gasteiger partial charge is 2.00 e. The van der Waals surface area contributed by atoms with Crippen molar-refractivity contribution in [2.24, 2.45) is 0 Å². The van der Waals surface area contributed by atoms with Gasteiger partial charge in [-0.3, -0.25) is 22.5 Å². The second-order valence-corrected chi connectivity index (χ2v) is 41.5. The quantitative estimate of drug-likeness (QED) is 0.120. The molecule has 0 fully saturated rings. The minimum absolute atomic E-state index is 0. The second kappa shape index (κ2) is 41.0. The average Bonchev–Trinajstić information content (AvgIpc) is 0.752. The Morgan fingerprint density at radius 1 is 0.268 bits per heavy atom. The third-order valence-corrected chi connectivity index (χ3v) is 26.7. The molecule has 6 aromatic carbocycles. The Balaban J connectivity index is 0.000000159. The molecule has 0 saturated heterocycles. The third kappa shape index (κ3) is 21.4. The zero-order chi connectivity index (χ0) is 98.7. The van der Waals surface area contributed by atoms with Crippen LogP contribution in [0.1, 0.15) is 226 Å². The summed E-state index contributed by atoms with van der Waals surface area (Å²) in [7, 11) is 7.38. The summed E-state index contributed by atoms with van der Waals surface area (Å²) in [5.41, 5.74) is 17.3. The summed E-state index contributed by atoms with van der Waals surface area (Å²) in [5.74, 6) is -7.26. The maximum atomic E-state index is 15.4. The molecule has 24 heteroatoms. The first kappa shape index (κ1) is 108. The third-order valence-electron chi connectivity index (χ3n) is 26.7. The van der Waals surface area contributed by atoms with Crippen LogP contribution in [0.2, 0.25) is 0 Å². The normalized spacial score (nSPS) is 14.5. The Morgan fingerprint density at radius 2 is 0.585 bits per heavy atom. The molecule has 0 amide bonds. The minimum Gasteiger partial charge on any atom is -0.378 e. The molecule has 4 aliphatic rings. The second-order valence-electron chi connectivity index (χ2n) is 41.5. The topological polar surface area (TPSA) is 135 Å². The van der Waals surface area contributed by atoms with Crippen LogP contribution in [0.4, 0.5) is 46.5 Å². The molecule has 0 radical (unpaired) electrons. The maximum absolute atomic E-state index is 15.4. The Morgan fingerprint density at radius 3 is 0.993 bits per heavy atom. The molecular weight excluding hydrogens is 2520 g/mol. The van der Waals surface area contributed by atoms with Gasteiger partial charge in [0.15, 0.2) is 11.6 Å². The van der Waals surface area contributed by atoms with Gasteiger partial charge in [0, 0.05) is 184 Å². The average molecular weight is 2620 g/mol. The zero-order valence-corrected chi connectivity index (χ0v) is 91.9. The number of anilines is 2. The number of rotatable bonds is 2. The SMILES string of the molecule is CC(C)(C)c1cc2[c-]c(c1)C(C)(C)c1cccc(n1)-c1[c-]c(cc(C(C)(C)C)c1)C(C)(C)c1cccc-2n1.CC1(C)c2cccc(n2)-c2[c-]c(c(F)cc2F)C(C)(C)c2nc(c(F)cc2F)-c2cccc1n2.CN(C)c1cc2nc(c1)C(C)(C)c1cc(N(C)C)cc(n1)-c1nc(c(F)cc1F)C(C)(C)c1[c-]c-2c(F)cc1F.[Pt+2].[Pt+2].[Pt].[Pt].[c-]1c2cccc1-c1cccc(n1)Cc1[c-]c(ccc1)-c1cccc(n1)C2. The maximum Gasteiger partial charge on any atom is 2.00 e. The van der Waals surface area contributed by atoms with Crippen molar-refractivity contribution in [3.05, 3.63) is 403 Å². The number of nitrogens with zero attached hydrogens (tertiary/aromatic N) is 12. The smallest absolute Gasteiger partial charge is 0.378 e. The fourth-order valence-electron chi connectivity index (χ4n) is 17.7. The van der Waals surface area contributed by atoms with E-state index in [1.165, 1.54) is 38.8 Å². The van der Waals surface area contributed by atoms with Crippen LogP contribution in [0.3, 0.4) is 0 Å². The molecule has 20 rings (SSSR count). The van der Waals surface area contributed by atoms with Crippen LogP contribution in [0.15, 0.2) is 218 Å². The molecular formula is C118H106F8N12Pt4-2. The van der Waals surface area contributed by atoms with Gasteiger partial charge in [-0.25, -0.2) is 32.5 Å². The Hall–Kier alpha value is -11.4. The first-order valence-corrected chi connectivity index (χ1v) is 46.0. The van der Waals surface area contributed by atoms with Crippen LogP contribution in [-0.4, -0.2) is 78.0 Å². The summed E-state index contributed by atoms with van der Waals surface area (Å²) in [6.07, 6.45) is 1.50. The van der Waals surface area contributed by atoms with Crippen molar-refractivity contribution in [3.8, 4) is 90.3 Å². The van der Waals surface area contributed by atoms with Crippen molar-refractivity contribution in [1.82, 2.24) is 49.8 Å².